The maximum atomic E-state index is 6.27. The summed E-state index contributed by atoms with van der Waals surface area (Å²) in [5.74, 6) is 0.768. The molecule has 0 atom stereocenters. The van der Waals surface area contributed by atoms with E-state index >= 15 is 0 Å². The molecule has 4 heteroatoms. The number of benzene rings is 2. The van der Waals surface area contributed by atoms with Crippen LogP contribution in [-0.4, -0.2) is 13.7 Å². The Morgan fingerprint density at radius 2 is 1.89 bits per heavy atom. The molecule has 0 fully saturated rings. The quantitative estimate of drug-likeness (QED) is 0.919. The number of nitrogens with two attached hydrogens (primary N) is 1. The molecule has 2 aromatic carbocycles. The minimum Gasteiger partial charge on any atom is -0.496 e. The molecule has 100 valence electrons. The van der Waals surface area contributed by atoms with Crippen LogP contribution in [0.4, 0.5) is 0 Å². The van der Waals surface area contributed by atoms with Crippen molar-refractivity contribution < 1.29 is 4.74 Å². The fourth-order valence-corrected chi connectivity index (χ4v) is 2.40. The molecular weight excluding hydrogens is 281 g/mol. The van der Waals surface area contributed by atoms with Crippen LogP contribution < -0.4 is 10.5 Å². The van der Waals surface area contributed by atoms with Gasteiger partial charge in [0.2, 0.25) is 0 Å². The Labute approximate surface area is 123 Å². The Bertz CT molecular complexity index is 584. The lowest BCUT2D eigenvalue weighted by Gasteiger charge is -2.12. The molecule has 0 radical (unpaired) electrons. The minimum absolute atomic E-state index is 0.533. The van der Waals surface area contributed by atoms with E-state index in [2.05, 4.69) is 0 Å². The average molecular weight is 296 g/mol. The van der Waals surface area contributed by atoms with Gasteiger partial charge >= 0.3 is 0 Å². The maximum Gasteiger partial charge on any atom is 0.126 e. The summed E-state index contributed by atoms with van der Waals surface area (Å²) in [6.45, 7) is 0.606. The summed E-state index contributed by atoms with van der Waals surface area (Å²) in [6, 6.07) is 11.6. The molecule has 0 heterocycles. The van der Waals surface area contributed by atoms with Gasteiger partial charge in [0.05, 0.1) is 17.2 Å². The van der Waals surface area contributed by atoms with Crippen LogP contribution in [0.1, 0.15) is 5.56 Å². The van der Waals surface area contributed by atoms with Gasteiger partial charge in [-0.25, -0.2) is 0 Å². The van der Waals surface area contributed by atoms with Gasteiger partial charge in [-0.1, -0.05) is 41.4 Å². The SMILES string of the molecule is COc1ccc(CCN)cc1-c1cccc(Cl)c1Cl. The van der Waals surface area contributed by atoms with Gasteiger partial charge in [0.1, 0.15) is 5.75 Å². The third kappa shape index (κ3) is 3.03. The molecule has 0 unspecified atom stereocenters. The van der Waals surface area contributed by atoms with Crippen molar-refractivity contribution in [3.63, 3.8) is 0 Å². The van der Waals surface area contributed by atoms with Gasteiger partial charge in [0.15, 0.2) is 0 Å². The van der Waals surface area contributed by atoms with Crippen molar-refractivity contribution in [3.05, 3.63) is 52.0 Å². The van der Waals surface area contributed by atoms with Gasteiger partial charge in [0.25, 0.3) is 0 Å². The number of ether oxygens (including phenoxy) is 1. The number of hydrogen-bond acceptors (Lipinski definition) is 2. The molecule has 19 heavy (non-hydrogen) atoms. The molecule has 0 aliphatic carbocycles. The van der Waals surface area contributed by atoms with E-state index in [1.807, 2.05) is 30.3 Å². The zero-order chi connectivity index (χ0) is 13.8. The molecule has 2 aromatic rings. The Balaban J connectivity index is 2.58. The highest BCUT2D eigenvalue weighted by molar-refractivity contribution is 6.43. The van der Waals surface area contributed by atoms with E-state index in [1.165, 1.54) is 0 Å². The van der Waals surface area contributed by atoms with Crippen LogP contribution in [0.3, 0.4) is 0 Å². The summed E-state index contributed by atoms with van der Waals surface area (Å²) in [4.78, 5) is 0. The van der Waals surface area contributed by atoms with Crippen LogP contribution in [0.15, 0.2) is 36.4 Å². The molecule has 0 aromatic heterocycles. The molecule has 0 aliphatic rings. The van der Waals surface area contributed by atoms with E-state index in [0.717, 1.165) is 28.9 Å². The first-order valence-corrected chi connectivity index (χ1v) is 6.74. The highest BCUT2D eigenvalue weighted by atomic mass is 35.5. The van der Waals surface area contributed by atoms with E-state index in [1.54, 1.807) is 13.2 Å². The van der Waals surface area contributed by atoms with E-state index in [-0.39, 0.29) is 0 Å². The van der Waals surface area contributed by atoms with Crippen molar-refractivity contribution >= 4 is 23.2 Å². The topological polar surface area (TPSA) is 35.2 Å². The van der Waals surface area contributed by atoms with Gasteiger partial charge < -0.3 is 10.5 Å². The van der Waals surface area contributed by atoms with Crippen molar-refractivity contribution in [1.29, 1.82) is 0 Å². The average Bonchev–Trinajstić information content (AvgIpc) is 2.42. The summed E-state index contributed by atoms with van der Waals surface area (Å²) in [7, 11) is 1.64. The van der Waals surface area contributed by atoms with Crippen molar-refractivity contribution in [2.75, 3.05) is 13.7 Å². The molecule has 0 saturated heterocycles. The zero-order valence-corrected chi connectivity index (χ0v) is 12.1. The van der Waals surface area contributed by atoms with Gasteiger partial charge in [0, 0.05) is 11.1 Å². The summed E-state index contributed by atoms with van der Waals surface area (Å²) in [5, 5.41) is 1.07. The molecule has 0 spiro atoms. The Hall–Kier alpha value is -1.22. The molecule has 2 rings (SSSR count). The van der Waals surface area contributed by atoms with Crippen LogP contribution in [0.2, 0.25) is 10.0 Å². The molecular formula is C15H15Cl2NO. The second-order valence-electron chi connectivity index (χ2n) is 4.17. The van der Waals surface area contributed by atoms with Crippen LogP contribution in [0.5, 0.6) is 5.75 Å². The second-order valence-corrected chi connectivity index (χ2v) is 4.96. The first-order valence-electron chi connectivity index (χ1n) is 5.98. The third-order valence-electron chi connectivity index (χ3n) is 2.94. The Kier molecular flexibility index (Phi) is 4.70. The minimum atomic E-state index is 0.533. The van der Waals surface area contributed by atoms with E-state index in [0.29, 0.717) is 16.6 Å². The normalized spacial score (nSPS) is 10.5. The van der Waals surface area contributed by atoms with E-state index < -0.39 is 0 Å². The van der Waals surface area contributed by atoms with E-state index in [9.17, 15) is 0 Å². The maximum absolute atomic E-state index is 6.27. The number of methoxy groups -OCH3 is 1. The molecule has 2 N–H and O–H groups in total. The second kappa shape index (κ2) is 6.29. The van der Waals surface area contributed by atoms with Crippen LogP contribution in [0.25, 0.3) is 11.1 Å². The summed E-state index contributed by atoms with van der Waals surface area (Å²) >= 11 is 12.3. The highest BCUT2D eigenvalue weighted by Gasteiger charge is 2.12. The van der Waals surface area contributed by atoms with E-state index in [4.69, 9.17) is 33.7 Å². The zero-order valence-electron chi connectivity index (χ0n) is 10.6. The third-order valence-corrected chi connectivity index (χ3v) is 3.76. The van der Waals surface area contributed by atoms with Crippen molar-refractivity contribution in [3.8, 4) is 16.9 Å². The summed E-state index contributed by atoms with van der Waals surface area (Å²) in [6.07, 6.45) is 0.815. The van der Waals surface area contributed by atoms with Crippen molar-refractivity contribution in [2.24, 2.45) is 5.73 Å². The summed E-state index contributed by atoms with van der Waals surface area (Å²) < 4.78 is 5.39. The molecule has 2 nitrogen and oxygen atoms in total. The molecule has 0 bridgehead atoms. The van der Waals surface area contributed by atoms with Gasteiger partial charge in [-0.15, -0.1) is 0 Å². The predicted molar refractivity (Wildman–Crippen MR) is 81.2 cm³/mol. The standard InChI is InChI=1S/C15H15Cl2NO/c1-19-14-6-5-10(7-8-18)9-12(14)11-3-2-4-13(16)15(11)17/h2-6,9H,7-8,18H2,1H3. The Morgan fingerprint density at radius 1 is 1.11 bits per heavy atom. The predicted octanol–water partition coefficient (Wildman–Crippen LogP) is 4.17. The Morgan fingerprint density at radius 3 is 2.58 bits per heavy atom. The van der Waals surface area contributed by atoms with Crippen molar-refractivity contribution in [1.82, 2.24) is 0 Å². The van der Waals surface area contributed by atoms with Crippen LogP contribution in [0, 0.1) is 0 Å². The number of rotatable bonds is 4. The lowest BCUT2D eigenvalue weighted by Crippen LogP contribution is -2.03. The van der Waals surface area contributed by atoms with Crippen molar-refractivity contribution in [2.45, 2.75) is 6.42 Å². The van der Waals surface area contributed by atoms with Gasteiger partial charge in [-0.3, -0.25) is 0 Å². The summed E-state index contributed by atoms with van der Waals surface area (Å²) in [5.41, 5.74) is 8.54. The smallest absolute Gasteiger partial charge is 0.126 e. The van der Waals surface area contributed by atoms with Crippen LogP contribution >= 0.6 is 23.2 Å². The fourth-order valence-electron chi connectivity index (χ4n) is 2.00. The lowest BCUT2D eigenvalue weighted by atomic mass is 10.0. The molecule has 0 saturated carbocycles. The fraction of sp³-hybridized carbons (Fsp3) is 0.200. The highest BCUT2D eigenvalue weighted by Crippen LogP contribution is 2.38. The monoisotopic (exact) mass is 295 g/mol. The molecule has 0 aliphatic heterocycles. The number of hydrogen-bond donors (Lipinski definition) is 1. The van der Waals surface area contributed by atoms with Gasteiger partial charge in [-0.05, 0) is 36.7 Å². The van der Waals surface area contributed by atoms with Gasteiger partial charge in [-0.2, -0.15) is 0 Å². The largest absolute Gasteiger partial charge is 0.496 e. The van der Waals surface area contributed by atoms with Crippen LogP contribution in [-0.2, 0) is 6.42 Å². The number of halogens is 2. The lowest BCUT2D eigenvalue weighted by molar-refractivity contribution is 0.416. The first kappa shape index (κ1) is 14.2. The first-order chi connectivity index (χ1) is 9.17. The molecule has 0 amide bonds.